The number of nitrogens with one attached hydrogen (secondary N) is 2. The van der Waals surface area contributed by atoms with Gasteiger partial charge in [-0.2, -0.15) is 0 Å². The number of fused-ring (bicyclic) bond motifs is 1. The molecule has 1 atom stereocenters. The summed E-state index contributed by atoms with van der Waals surface area (Å²) in [5.41, 5.74) is 2.25. The lowest BCUT2D eigenvalue weighted by molar-refractivity contribution is 0.0897. The Balaban J connectivity index is 2.16. The molecular formula is C14H20N2O3. The number of carbonyl (C=O) groups excluding carboxylic acids is 1. The Hall–Kier alpha value is -1.59. The van der Waals surface area contributed by atoms with Crippen LogP contribution in [0.15, 0.2) is 18.2 Å². The topological polar surface area (TPSA) is 81.6 Å². The summed E-state index contributed by atoms with van der Waals surface area (Å²) in [7, 11) is 0. The highest BCUT2D eigenvalue weighted by atomic mass is 16.3. The van der Waals surface area contributed by atoms with Crippen molar-refractivity contribution >= 4 is 11.6 Å². The maximum absolute atomic E-state index is 12.0. The number of aliphatic hydroxyl groups excluding tert-OH is 2. The van der Waals surface area contributed by atoms with Crippen molar-refractivity contribution < 1.29 is 15.0 Å². The lowest BCUT2D eigenvalue weighted by Gasteiger charge is -2.32. The van der Waals surface area contributed by atoms with Crippen LogP contribution in [0, 0.1) is 0 Å². The molecule has 1 amide bonds. The number of carbonyl (C=O) groups is 1. The fraction of sp³-hybridized carbons (Fsp3) is 0.500. The number of amides is 1. The maximum Gasteiger partial charge on any atom is 0.252 e. The first kappa shape index (κ1) is 13.8. The van der Waals surface area contributed by atoms with E-state index in [-0.39, 0.29) is 24.6 Å². The molecule has 1 aliphatic rings. The highest BCUT2D eigenvalue weighted by molar-refractivity contribution is 5.98. The molecule has 0 spiro atoms. The van der Waals surface area contributed by atoms with Gasteiger partial charge in [0.05, 0.1) is 12.7 Å². The van der Waals surface area contributed by atoms with E-state index in [1.54, 1.807) is 6.07 Å². The van der Waals surface area contributed by atoms with E-state index in [0.717, 1.165) is 17.7 Å². The highest BCUT2D eigenvalue weighted by Gasteiger charge is 2.29. The number of rotatable bonds is 4. The second-order valence-corrected chi connectivity index (χ2v) is 5.60. The van der Waals surface area contributed by atoms with E-state index >= 15 is 0 Å². The second kappa shape index (κ2) is 5.19. The lowest BCUT2D eigenvalue weighted by Crippen LogP contribution is -2.49. The standard InChI is InChI=1S/C14H20N2O3/c1-14(2)6-9-3-4-10(15-7-11(18)8-17)5-12(9)13(19)16-14/h3-5,11,15,17-18H,6-8H2,1-2H3,(H,16,19). The normalized spacial score (nSPS) is 18.4. The number of hydrogen-bond donors (Lipinski definition) is 4. The minimum absolute atomic E-state index is 0.0717. The molecule has 2 rings (SSSR count). The summed E-state index contributed by atoms with van der Waals surface area (Å²) in [4.78, 5) is 12.0. The number of aliphatic hydroxyl groups is 2. The van der Waals surface area contributed by atoms with Crippen LogP contribution in [0.3, 0.4) is 0 Å². The van der Waals surface area contributed by atoms with Crippen LogP contribution in [0.4, 0.5) is 5.69 Å². The van der Waals surface area contributed by atoms with Gasteiger partial charge in [-0.05, 0) is 38.0 Å². The lowest BCUT2D eigenvalue weighted by atomic mass is 9.87. The van der Waals surface area contributed by atoms with Crippen LogP contribution in [0.5, 0.6) is 0 Å². The molecule has 1 heterocycles. The third-order valence-electron chi connectivity index (χ3n) is 3.19. The maximum atomic E-state index is 12.0. The minimum Gasteiger partial charge on any atom is -0.394 e. The van der Waals surface area contributed by atoms with Crippen LogP contribution in [-0.2, 0) is 6.42 Å². The molecule has 19 heavy (non-hydrogen) atoms. The third kappa shape index (κ3) is 3.24. The van der Waals surface area contributed by atoms with Crippen molar-refractivity contribution in [3.8, 4) is 0 Å². The molecule has 0 aromatic heterocycles. The zero-order valence-corrected chi connectivity index (χ0v) is 11.2. The van der Waals surface area contributed by atoms with Gasteiger partial charge in [-0.25, -0.2) is 0 Å². The molecule has 0 saturated heterocycles. The fourth-order valence-corrected chi connectivity index (χ4v) is 2.25. The van der Waals surface area contributed by atoms with Gasteiger partial charge in [0.2, 0.25) is 0 Å². The van der Waals surface area contributed by atoms with E-state index in [4.69, 9.17) is 5.11 Å². The van der Waals surface area contributed by atoms with Gasteiger partial charge in [0.15, 0.2) is 0 Å². The molecule has 0 radical (unpaired) electrons. The molecule has 0 bridgehead atoms. The summed E-state index contributed by atoms with van der Waals surface area (Å²) < 4.78 is 0. The summed E-state index contributed by atoms with van der Waals surface area (Å²) in [5, 5.41) is 24.0. The van der Waals surface area contributed by atoms with Crippen molar-refractivity contribution in [1.82, 2.24) is 5.32 Å². The Labute approximate surface area is 112 Å². The van der Waals surface area contributed by atoms with E-state index in [1.807, 2.05) is 26.0 Å². The van der Waals surface area contributed by atoms with Gasteiger partial charge < -0.3 is 20.8 Å². The van der Waals surface area contributed by atoms with Gasteiger partial charge in [-0.3, -0.25) is 4.79 Å². The molecule has 1 unspecified atom stereocenters. The molecule has 1 aromatic carbocycles. The van der Waals surface area contributed by atoms with E-state index in [9.17, 15) is 9.90 Å². The number of benzene rings is 1. The van der Waals surface area contributed by atoms with Crippen LogP contribution in [-0.4, -0.2) is 40.9 Å². The molecule has 5 nitrogen and oxygen atoms in total. The monoisotopic (exact) mass is 264 g/mol. The Morgan fingerprint density at radius 3 is 2.89 bits per heavy atom. The molecule has 0 aliphatic carbocycles. The summed E-state index contributed by atoms with van der Waals surface area (Å²) >= 11 is 0. The third-order valence-corrected chi connectivity index (χ3v) is 3.19. The molecule has 5 heteroatoms. The number of hydrogen-bond acceptors (Lipinski definition) is 4. The van der Waals surface area contributed by atoms with Gasteiger partial charge in [-0.15, -0.1) is 0 Å². The van der Waals surface area contributed by atoms with Crippen LogP contribution in [0.1, 0.15) is 29.8 Å². The van der Waals surface area contributed by atoms with E-state index in [1.165, 1.54) is 0 Å². The van der Waals surface area contributed by atoms with E-state index < -0.39 is 6.10 Å². The van der Waals surface area contributed by atoms with Crippen molar-refractivity contribution in [1.29, 1.82) is 0 Å². The zero-order chi connectivity index (χ0) is 14.0. The average molecular weight is 264 g/mol. The molecule has 4 N–H and O–H groups in total. The Kier molecular flexibility index (Phi) is 3.78. The first-order valence-corrected chi connectivity index (χ1v) is 6.39. The van der Waals surface area contributed by atoms with Crippen LogP contribution in [0.25, 0.3) is 0 Å². The van der Waals surface area contributed by atoms with Gasteiger partial charge >= 0.3 is 0 Å². The highest BCUT2D eigenvalue weighted by Crippen LogP contribution is 2.25. The summed E-state index contributed by atoms with van der Waals surface area (Å²) in [6, 6.07) is 5.60. The van der Waals surface area contributed by atoms with E-state index in [2.05, 4.69) is 10.6 Å². The van der Waals surface area contributed by atoms with Gasteiger partial charge in [-0.1, -0.05) is 6.07 Å². The van der Waals surface area contributed by atoms with Crippen molar-refractivity contribution in [2.75, 3.05) is 18.5 Å². The average Bonchev–Trinajstić information content (AvgIpc) is 2.35. The minimum atomic E-state index is -0.802. The first-order chi connectivity index (χ1) is 8.91. The second-order valence-electron chi connectivity index (χ2n) is 5.60. The van der Waals surface area contributed by atoms with Crippen LogP contribution >= 0.6 is 0 Å². The van der Waals surface area contributed by atoms with Crippen LogP contribution < -0.4 is 10.6 Å². The Bertz CT molecular complexity index is 486. The SMILES string of the molecule is CC1(C)Cc2ccc(NCC(O)CO)cc2C(=O)N1. The fourth-order valence-electron chi connectivity index (χ4n) is 2.25. The predicted molar refractivity (Wildman–Crippen MR) is 73.3 cm³/mol. The Morgan fingerprint density at radius 2 is 2.21 bits per heavy atom. The van der Waals surface area contributed by atoms with Crippen molar-refractivity contribution in [2.45, 2.75) is 31.9 Å². The molecule has 0 fully saturated rings. The van der Waals surface area contributed by atoms with Gasteiger partial charge in [0, 0.05) is 23.3 Å². The zero-order valence-electron chi connectivity index (χ0n) is 11.2. The largest absolute Gasteiger partial charge is 0.394 e. The van der Waals surface area contributed by atoms with Crippen molar-refractivity contribution in [2.24, 2.45) is 0 Å². The molecule has 104 valence electrons. The predicted octanol–water partition coefficient (Wildman–Crippen LogP) is 0.516. The van der Waals surface area contributed by atoms with Crippen molar-refractivity contribution in [3.63, 3.8) is 0 Å². The quantitative estimate of drug-likeness (QED) is 0.639. The number of anilines is 1. The molecular weight excluding hydrogens is 244 g/mol. The van der Waals surface area contributed by atoms with Gasteiger partial charge in [0.1, 0.15) is 0 Å². The summed E-state index contributed by atoms with van der Waals surface area (Å²) in [6.45, 7) is 3.96. The van der Waals surface area contributed by atoms with Crippen molar-refractivity contribution in [3.05, 3.63) is 29.3 Å². The molecule has 1 aromatic rings. The summed E-state index contributed by atoms with van der Waals surface area (Å²) in [5.74, 6) is -0.0717. The van der Waals surface area contributed by atoms with Gasteiger partial charge in [0.25, 0.3) is 5.91 Å². The molecule has 1 aliphatic heterocycles. The first-order valence-electron chi connectivity index (χ1n) is 6.39. The molecule has 0 saturated carbocycles. The summed E-state index contributed by atoms with van der Waals surface area (Å²) in [6.07, 6.45) is -0.00282. The smallest absolute Gasteiger partial charge is 0.252 e. The van der Waals surface area contributed by atoms with E-state index in [0.29, 0.717) is 5.56 Å². The van der Waals surface area contributed by atoms with Crippen LogP contribution in [0.2, 0.25) is 0 Å². The Morgan fingerprint density at radius 1 is 1.47 bits per heavy atom.